The van der Waals surface area contributed by atoms with Gasteiger partial charge >= 0.3 is 0 Å². The lowest BCUT2D eigenvalue weighted by atomic mass is 9.53. The summed E-state index contributed by atoms with van der Waals surface area (Å²) in [5, 5.41) is 20.6. The molecule has 0 aromatic heterocycles. The van der Waals surface area contributed by atoms with Crippen LogP contribution >= 0.6 is 22.6 Å². The second kappa shape index (κ2) is 2.42. The summed E-state index contributed by atoms with van der Waals surface area (Å²) in [6, 6.07) is 0. The Labute approximate surface area is 91.9 Å². The van der Waals surface area contributed by atoms with Crippen molar-refractivity contribution in [3.8, 4) is 0 Å². The van der Waals surface area contributed by atoms with Gasteiger partial charge < -0.3 is 10.2 Å². The lowest BCUT2D eigenvalue weighted by Crippen LogP contribution is -2.64. The average molecular weight is 293 g/mol. The molecule has 0 aromatic rings. The molecule has 73 valence electrons. The Morgan fingerprint density at radius 1 is 1.15 bits per heavy atom. The highest BCUT2D eigenvalue weighted by Crippen LogP contribution is 2.63. The maximum atomic E-state index is 10.4. The summed E-state index contributed by atoms with van der Waals surface area (Å²) >= 11 is 2.05. The maximum absolute atomic E-state index is 10.4. The van der Waals surface area contributed by atoms with Crippen LogP contribution in [-0.4, -0.2) is 19.4 Å². The number of hydrogen-bond acceptors (Lipinski definition) is 2. The Morgan fingerprint density at radius 2 is 1.69 bits per heavy atom. The van der Waals surface area contributed by atoms with Crippen molar-refractivity contribution in [2.45, 2.75) is 41.3 Å². The zero-order chi connectivity index (χ0) is 9.27. The molecular formula is C10H14IO2. The highest BCUT2D eigenvalue weighted by atomic mass is 127. The summed E-state index contributed by atoms with van der Waals surface area (Å²) in [5.74, 6) is 2.51. The summed E-state index contributed by atoms with van der Waals surface area (Å²) < 4.78 is -0.918. The topological polar surface area (TPSA) is 40.5 Å². The fourth-order valence-electron chi connectivity index (χ4n) is 3.64. The van der Waals surface area contributed by atoms with Crippen LogP contribution in [0.4, 0.5) is 0 Å². The van der Waals surface area contributed by atoms with Gasteiger partial charge in [0, 0.05) is 5.92 Å². The molecule has 0 amide bonds. The Hall–Kier alpha value is 0.650. The van der Waals surface area contributed by atoms with Gasteiger partial charge in [0.05, 0.1) is 0 Å². The molecule has 4 saturated carbocycles. The molecule has 4 aliphatic rings. The van der Waals surface area contributed by atoms with E-state index in [0.717, 1.165) is 25.7 Å². The van der Waals surface area contributed by atoms with Crippen LogP contribution in [0.25, 0.3) is 0 Å². The van der Waals surface area contributed by atoms with Crippen LogP contribution in [0.3, 0.4) is 0 Å². The Morgan fingerprint density at radius 3 is 2.15 bits per heavy atom. The highest BCUT2D eigenvalue weighted by Gasteiger charge is 2.63. The van der Waals surface area contributed by atoms with E-state index in [-0.39, 0.29) is 0 Å². The van der Waals surface area contributed by atoms with Crippen molar-refractivity contribution in [2.75, 3.05) is 0 Å². The summed E-state index contributed by atoms with van der Waals surface area (Å²) in [6.07, 6.45) is 5.01. The lowest BCUT2D eigenvalue weighted by Gasteiger charge is -2.60. The van der Waals surface area contributed by atoms with E-state index in [4.69, 9.17) is 0 Å². The van der Waals surface area contributed by atoms with Crippen LogP contribution in [0.2, 0.25) is 0 Å². The van der Waals surface area contributed by atoms with Gasteiger partial charge in [-0.25, -0.2) is 0 Å². The molecule has 3 unspecified atom stereocenters. The Balaban J connectivity index is 2.03. The van der Waals surface area contributed by atoms with Crippen LogP contribution < -0.4 is 0 Å². The van der Waals surface area contributed by atoms with Gasteiger partial charge in [-0.15, -0.1) is 0 Å². The van der Waals surface area contributed by atoms with Gasteiger partial charge in [-0.2, -0.15) is 0 Å². The molecule has 3 heteroatoms. The van der Waals surface area contributed by atoms with Gasteiger partial charge in [-0.3, -0.25) is 0 Å². The van der Waals surface area contributed by atoms with Crippen molar-refractivity contribution in [3.05, 3.63) is 5.92 Å². The first-order valence-corrected chi connectivity index (χ1v) is 6.08. The second-order valence-electron chi connectivity index (χ2n) is 5.04. The third-order valence-corrected chi connectivity index (χ3v) is 5.84. The zero-order valence-electron chi connectivity index (χ0n) is 7.46. The van der Waals surface area contributed by atoms with Gasteiger partial charge in [0.15, 0.2) is 0 Å². The number of halogens is 1. The third-order valence-electron chi connectivity index (χ3n) is 4.07. The minimum absolute atomic E-state index is 0.655. The molecule has 0 aliphatic heterocycles. The first kappa shape index (κ1) is 8.92. The summed E-state index contributed by atoms with van der Waals surface area (Å²) in [7, 11) is 0. The van der Waals surface area contributed by atoms with Crippen molar-refractivity contribution in [1.82, 2.24) is 0 Å². The van der Waals surface area contributed by atoms with E-state index in [0.29, 0.717) is 11.8 Å². The van der Waals surface area contributed by atoms with Crippen molar-refractivity contribution < 1.29 is 10.2 Å². The molecule has 4 bridgehead atoms. The first-order chi connectivity index (χ1) is 6.01. The standard InChI is InChI=1S/C10H14IO2/c11-10(13)8-2-6-1-7(3-8)5-9(10,12)4-6/h6-7,12-13H,1-5H2. The molecule has 0 saturated heterocycles. The van der Waals surface area contributed by atoms with Crippen LogP contribution in [-0.2, 0) is 0 Å². The van der Waals surface area contributed by atoms with Crippen LogP contribution in [0.5, 0.6) is 0 Å². The van der Waals surface area contributed by atoms with Crippen molar-refractivity contribution in [3.63, 3.8) is 0 Å². The molecule has 2 nitrogen and oxygen atoms in total. The Bertz CT molecular complexity index is 237. The number of rotatable bonds is 0. The summed E-state index contributed by atoms with van der Waals surface area (Å²) in [4.78, 5) is 0. The fourth-order valence-corrected chi connectivity index (χ4v) is 4.52. The molecule has 4 fully saturated rings. The minimum Gasteiger partial charge on any atom is -0.386 e. The molecule has 0 heterocycles. The van der Waals surface area contributed by atoms with Crippen molar-refractivity contribution >= 4 is 22.6 Å². The molecular weight excluding hydrogens is 279 g/mol. The quantitative estimate of drug-likeness (QED) is 0.526. The number of hydrogen-bond donors (Lipinski definition) is 2. The smallest absolute Gasteiger partial charge is 0.150 e. The summed E-state index contributed by atoms with van der Waals surface area (Å²) in [5.41, 5.74) is -0.799. The second-order valence-corrected chi connectivity index (χ2v) is 6.60. The van der Waals surface area contributed by atoms with E-state index < -0.39 is 9.21 Å². The SMILES string of the molecule is OC12CC3C[C](CC(C3)C1)C2(O)I. The Kier molecular flexibility index (Phi) is 1.66. The predicted molar refractivity (Wildman–Crippen MR) is 57.2 cm³/mol. The van der Waals surface area contributed by atoms with Crippen LogP contribution in [0.1, 0.15) is 32.1 Å². The molecule has 0 aromatic carbocycles. The molecule has 4 aliphatic carbocycles. The molecule has 3 atom stereocenters. The highest BCUT2D eigenvalue weighted by molar-refractivity contribution is 14.1. The van der Waals surface area contributed by atoms with Crippen LogP contribution in [0.15, 0.2) is 0 Å². The van der Waals surface area contributed by atoms with E-state index in [1.807, 2.05) is 22.6 Å². The minimum atomic E-state index is -0.918. The van der Waals surface area contributed by atoms with Gasteiger partial charge in [0.25, 0.3) is 0 Å². The largest absolute Gasteiger partial charge is 0.386 e. The predicted octanol–water partition coefficient (Wildman–Crippen LogP) is 1.64. The van der Waals surface area contributed by atoms with Crippen LogP contribution in [0, 0.1) is 17.8 Å². The molecule has 0 spiro atoms. The van der Waals surface area contributed by atoms with E-state index in [9.17, 15) is 10.2 Å². The van der Waals surface area contributed by atoms with Crippen molar-refractivity contribution in [2.24, 2.45) is 11.8 Å². The third kappa shape index (κ3) is 1.01. The van der Waals surface area contributed by atoms with Gasteiger partial charge in [-0.05, 0) is 66.5 Å². The van der Waals surface area contributed by atoms with E-state index in [1.54, 1.807) is 0 Å². The summed E-state index contributed by atoms with van der Waals surface area (Å²) in [6.45, 7) is 0. The lowest BCUT2D eigenvalue weighted by molar-refractivity contribution is -0.168. The molecule has 1 radical (unpaired) electrons. The average Bonchev–Trinajstić information content (AvgIpc) is 1.99. The normalized spacial score (nSPS) is 60.2. The zero-order valence-corrected chi connectivity index (χ0v) is 9.62. The van der Waals surface area contributed by atoms with E-state index in [1.165, 1.54) is 12.3 Å². The van der Waals surface area contributed by atoms with Gasteiger partial charge in [-0.1, -0.05) is 0 Å². The number of alkyl halides is 1. The van der Waals surface area contributed by atoms with E-state index in [2.05, 4.69) is 0 Å². The number of aliphatic hydroxyl groups is 2. The monoisotopic (exact) mass is 293 g/mol. The fraction of sp³-hybridized carbons (Fsp3) is 0.900. The maximum Gasteiger partial charge on any atom is 0.150 e. The molecule has 4 rings (SSSR count). The van der Waals surface area contributed by atoms with Crippen molar-refractivity contribution in [1.29, 1.82) is 0 Å². The first-order valence-electron chi connectivity index (χ1n) is 5.00. The van der Waals surface area contributed by atoms with Gasteiger partial charge in [0.1, 0.15) is 9.21 Å². The molecule has 2 N–H and O–H groups in total. The van der Waals surface area contributed by atoms with E-state index >= 15 is 0 Å². The van der Waals surface area contributed by atoms with Gasteiger partial charge in [0.2, 0.25) is 0 Å². The molecule has 13 heavy (non-hydrogen) atoms.